The average molecular weight is 286 g/mol. The molecule has 1 atom stereocenters. The standard InChI is InChI=1S/C14H26N2O2S/c1-11(13-2-6-18-7-3-13)16-14(17)15-10-12-4-8-19-9-5-12/h11-13H,2-10H2,1H3,(H2,15,16,17)/t11-/m0/s1. The fourth-order valence-electron chi connectivity index (χ4n) is 2.78. The highest BCUT2D eigenvalue weighted by molar-refractivity contribution is 7.99. The Morgan fingerprint density at radius 3 is 2.63 bits per heavy atom. The maximum atomic E-state index is 11.9. The smallest absolute Gasteiger partial charge is 0.315 e. The highest BCUT2D eigenvalue weighted by atomic mass is 32.2. The molecular weight excluding hydrogens is 260 g/mol. The van der Waals surface area contributed by atoms with E-state index in [1.165, 1.54) is 24.3 Å². The molecule has 0 aromatic carbocycles. The van der Waals surface area contributed by atoms with Crippen molar-refractivity contribution in [3.8, 4) is 0 Å². The summed E-state index contributed by atoms with van der Waals surface area (Å²) in [5.74, 6) is 3.72. The van der Waals surface area contributed by atoms with E-state index in [0.29, 0.717) is 11.8 Å². The van der Waals surface area contributed by atoms with Crippen molar-refractivity contribution >= 4 is 17.8 Å². The van der Waals surface area contributed by atoms with Gasteiger partial charge in [0.1, 0.15) is 0 Å². The first-order valence-corrected chi connectivity index (χ1v) is 8.61. The molecule has 0 bridgehead atoms. The number of thioether (sulfide) groups is 1. The van der Waals surface area contributed by atoms with Crippen LogP contribution in [0, 0.1) is 11.8 Å². The highest BCUT2D eigenvalue weighted by Crippen LogP contribution is 2.22. The number of carbonyl (C=O) groups excluding carboxylic acids is 1. The SMILES string of the molecule is C[C@H](NC(=O)NCC1CCSCC1)C1CCOCC1. The van der Waals surface area contributed by atoms with Crippen LogP contribution in [0.3, 0.4) is 0 Å². The molecule has 5 heteroatoms. The molecule has 0 aromatic rings. The van der Waals surface area contributed by atoms with Gasteiger partial charge in [-0.3, -0.25) is 0 Å². The summed E-state index contributed by atoms with van der Waals surface area (Å²) in [5.41, 5.74) is 0. The van der Waals surface area contributed by atoms with Crippen molar-refractivity contribution in [2.24, 2.45) is 11.8 Å². The third-order valence-electron chi connectivity index (χ3n) is 4.22. The molecule has 0 saturated carbocycles. The van der Waals surface area contributed by atoms with Gasteiger partial charge in [0.05, 0.1) is 0 Å². The topological polar surface area (TPSA) is 50.4 Å². The van der Waals surface area contributed by atoms with E-state index in [1.807, 2.05) is 11.8 Å². The lowest BCUT2D eigenvalue weighted by Gasteiger charge is -2.29. The molecule has 0 unspecified atom stereocenters. The molecular formula is C14H26N2O2S. The maximum Gasteiger partial charge on any atom is 0.315 e. The molecule has 2 aliphatic rings. The van der Waals surface area contributed by atoms with Gasteiger partial charge in [-0.2, -0.15) is 11.8 Å². The van der Waals surface area contributed by atoms with Gasteiger partial charge in [-0.15, -0.1) is 0 Å². The minimum absolute atomic E-state index is 0.00258. The number of carbonyl (C=O) groups is 1. The van der Waals surface area contributed by atoms with Crippen molar-refractivity contribution in [3.63, 3.8) is 0 Å². The van der Waals surface area contributed by atoms with Crippen LogP contribution in [-0.2, 0) is 4.74 Å². The summed E-state index contributed by atoms with van der Waals surface area (Å²) in [6.07, 6.45) is 4.59. The van der Waals surface area contributed by atoms with Gasteiger partial charge in [0.2, 0.25) is 0 Å². The fraction of sp³-hybridized carbons (Fsp3) is 0.929. The van der Waals surface area contributed by atoms with Crippen molar-refractivity contribution in [2.45, 2.75) is 38.6 Å². The normalized spacial score (nSPS) is 23.8. The summed E-state index contributed by atoms with van der Waals surface area (Å²) in [6, 6.07) is 0.239. The predicted octanol–water partition coefficient (Wildman–Crippen LogP) is 2.24. The van der Waals surface area contributed by atoms with Crippen molar-refractivity contribution < 1.29 is 9.53 Å². The predicted molar refractivity (Wildman–Crippen MR) is 79.6 cm³/mol. The van der Waals surface area contributed by atoms with Crippen LogP contribution >= 0.6 is 11.8 Å². The van der Waals surface area contributed by atoms with E-state index < -0.39 is 0 Å². The minimum atomic E-state index is -0.00258. The van der Waals surface area contributed by atoms with Gasteiger partial charge in [-0.25, -0.2) is 4.79 Å². The molecule has 0 radical (unpaired) electrons. The van der Waals surface area contributed by atoms with Gasteiger partial charge < -0.3 is 15.4 Å². The number of ether oxygens (including phenoxy) is 1. The lowest BCUT2D eigenvalue weighted by Crippen LogP contribution is -2.46. The van der Waals surface area contributed by atoms with Gasteiger partial charge in [-0.1, -0.05) is 0 Å². The molecule has 0 aromatic heterocycles. The molecule has 2 N–H and O–H groups in total. The quantitative estimate of drug-likeness (QED) is 0.833. The third kappa shape index (κ3) is 5.22. The Kier molecular flexibility index (Phi) is 6.31. The summed E-state index contributed by atoms with van der Waals surface area (Å²) in [7, 11) is 0. The molecule has 2 aliphatic heterocycles. The monoisotopic (exact) mass is 286 g/mol. The number of hydrogen-bond acceptors (Lipinski definition) is 3. The highest BCUT2D eigenvalue weighted by Gasteiger charge is 2.22. The zero-order chi connectivity index (χ0) is 13.5. The molecule has 110 valence electrons. The molecule has 0 aliphatic carbocycles. The van der Waals surface area contributed by atoms with Crippen molar-refractivity contribution in [1.29, 1.82) is 0 Å². The van der Waals surface area contributed by atoms with E-state index in [4.69, 9.17) is 4.74 Å². The van der Waals surface area contributed by atoms with Crippen LogP contribution in [0.5, 0.6) is 0 Å². The summed E-state index contributed by atoms with van der Waals surface area (Å²) < 4.78 is 5.35. The lowest BCUT2D eigenvalue weighted by molar-refractivity contribution is 0.0571. The van der Waals surface area contributed by atoms with E-state index >= 15 is 0 Å². The second kappa shape index (κ2) is 8.00. The van der Waals surface area contributed by atoms with Crippen molar-refractivity contribution in [1.82, 2.24) is 10.6 Å². The average Bonchev–Trinajstić information content (AvgIpc) is 2.47. The van der Waals surface area contributed by atoms with Gasteiger partial charge >= 0.3 is 6.03 Å². The Labute approximate surface area is 120 Å². The van der Waals surface area contributed by atoms with Gasteiger partial charge in [0, 0.05) is 25.8 Å². The second-order valence-corrected chi connectivity index (χ2v) is 6.87. The van der Waals surface area contributed by atoms with Crippen LogP contribution in [0.25, 0.3) is 0 Å². The van der Waals surface area contributed by atoms with Crippen LogP contribution in [-0.4, -0.2) is 43.3 Å². The molecule has 2 fully saturated rings. The summed E-state index contributed by atoms with van der Waals surface area (Å²) in [6.45, 7) is 4.59. The number of urea groups is 1. The van der Waals surface area contributed by atoms with Crippen molar-refractivity contribution in [3.05, 3.63) is 0 Å². The summed E-state index contributed by atoms with van der Waals surface area (Å²) in [4.78, 5) is 11.9. The molecule has 4 nitrogen and oxygen atoms in total. The van der Waals surface area contributed by atoms with Crippen LogP contribution < -0.4 is 10.6 Å². The van der Waals surface area contributed by atoms with Crippen LogP contribution in [0.1, 0.15) is 32.6 Å². The molecule has 2 saturated heterocycles. The van der Waals surface area contributed by atoms with E-state index in [-0.39, 0.29) is 12.1 Å². The summed E-state index contributed by atoms with van der Waals surface area (Å²) in [5, 5.41) is 6.11. The minimum Gasteiger partial charge on any atom is -0.381 e. The van der Waals surface area contributed by atoms with Crippen LogP contribution in [0.4, 0.5) is 4.79 Å². The Hall–Kier alpha value is -0.420. The number of nitrogens with one attached hydrogen (secondary N) is 2. The Morgan fingerprint density at radius 1 is 1.26 bits per heavy atom. The maximum absolute atomic E-state index is 11.9. The van der Waals surface area contributed by atoms with E-state index in [9.17, 15) is 4.79 Å². The molecule has 19 heavy (non-hydrogen) atoms. The van der Waals surface area contributed by atoms with E-state index in [2.05, 4.69) is 17.6 Å². The molecule has 2 amide bonds. The van der Waals surface area contributed by atoms with Gasteiger partial charge in [0.15, 0.2) is 0 Å². The number of rotatable bonds is 4. The van der Waals surface area contributed by atoms with E-state index in [1.54, 1.807) is 0 Å². The first-order valence-electron chi connectivity index (χ1n) is 7.45. The van der Waals surface area contributed by atoms with Crippen LogP contribution in [0.2, 0.25) is 0 Å². The number of hydrogen-bond donors (Lipinski definition) is 2. The lowest BCUT2D eigenvalue weighted by atomic mass is 9.93. The third-order valence-corrected chi connectivity index (χ3v) is 5.27. The van der Waals surface area contributed by atoms with Crippen molar-refractivity contribution in [2.75, 3.05) is 31.3 Å². The van der Waals surface area contributed by atoms with E-state index in [0.717, 1.165) is 32.6 Å². The molecule has 2 heterocycles. The Morgan fingerprint density at radius 2 is 1.95 bits per heavy atom. The molecule has 2 rings (SSSR count). The summed E-state index contributed by atoms with van der Waals surface area (Å²) >= 11 is 2.02. The molecule has 0 spiro atoms. The zero-order valence-corrected chi connectivity index (χ0v) is 12.6. The fourth-order valence-corrected chi connectivity index (χ4v) is 3.98. The van der Waals surface area contributed by atoms with Crippen LogP contribution in [0.15, 0.2) is 0 Å². The zero-order valence-electron chi connectivity index (χ0n) is 11.8. The first-order chi connectivity index (χ1) is 9.25. The largest absolute Gasteiger partial charge is 0.381 e. The van der Waals surface area contributed by atoms with Gasteiger partial charge in [0.25, 0.3) is 0 Å². The Bertz CT molecular complexity index is 277. The Balaban J connectivity index is 1.62. The second-order valence-electron chi connectivity index (χ2n) is 5.65. The van der Waals surface area contributed by atoms with Gasteiger partial charge in [-0.05, 0) is 55.9 Å². The first kappa shape index (κ1) is 15.0. The number of amides is 2.